The maximum Gasteiger partial charge on any atom is 0.318 e. The summed E-state index contributed by atoms with van der Waals surface area (Å²) in [6.45, 7) is 6.25. The van der Waals surface area contributed by atoms with Crippen molar-refractivity contribution in [3.63, 3.8) is 0 Å². The second-order valence-electron chi connectivity index (χ2n) is 5.01. The zero-order valence-electron chi connectivity index (χ0n) is 10.3. The molecule has 0 aromatic heterocycles. The molecular weight excluding hydrogens is 214 g/mol. The van der Waals surface area contributed by atoms with Gasteiger partial charge in [0.15, 0.2) is 0 Å². The molecule has 0 radical (unpaired) electrons. The van der Waals surface area contributed by atoms with E-state index in [1.807, 2.05) is 13.0 Å². The number of carbonyl (C=O) groups is 1. The molecule has 1 aromatic rings. The van der Waals surface area contributed by atoms with Crippen LogP contribution in [0.3, 0.4) is 0 Å². The fraction of sp³-hybridized carbons (Fsp3) is 0.500. The van der Waals surface area contributed by atoms with Gasteiger partial charge < -0.3 is 9.64 Å². The lowest BCUT2D eigenvalue weighted by Gasteiger charge is -2.20. The van der Waals surface area contributed by atoms with Crippen molar-refractivity contribution in [1.82, 2.24) is 0 Å². The maximum atomic E-state index is 11.5. The van der Waals surface area contributed by atoms with Crippen LogP contribution in [0.1, 0.15) is 36.8 Å². The van der Waals surface area contributed by atoms with Crippen molar-refractivity contribution in [1.29, 1.82) is 0 Å². The van der Waals surface area contributed by atoms with E-state index in [-0.39, 0.29) is 11.9 Å². The van der Waals surface area contributed by atoms with E-state index in [0.717, 1.165) is 24.4 Å². The topological polar surface area (TPSA) is 29.5 Å². The van der Waals surface area contributed by atoms with Crippen LogP contribution in [0.2, 0.25) is 0 Å². The Labute approximate surface area is 101 Å². The zero-order chi connectivity index (χ0) is 12.0. The van der Waals surface area contributed by atoms with Crippen LogP contribution >= 0.6 is 0 Å². The first-order chi connectivity index (χ1) is 8.16. The molecule has 0 aliphatic carbocycles. The van der Waals surface area contributed by atoms with E-state index < -0.39 is 0 Å². The van der Waals surface area contributed by atoms with Crippen LogP contribution in [-0.2, 0) is 4.79 Å². The summed E-state index contributed by atoms with van der Waals surface area (Å²) in [6, 6.07) is 4.15. The van der Waals surface area contributed by atoms with Crippen LogP contribution in [0.5, 0.6) is 5.75 Å². The molecule has 0 saturated carbocycles. The summed E-state index contributed by atoms with van der Waals surface area (Å²) in [6.07, 6.45) is 2.51. The van der Waals surface area contributed by atoms with E-state index in [4.69, 9.17) is 4.74 Å². The molecule has 0 bridgehead atoms. The number of esters is 1. The van der Waals surface area contributed by atoms with Gasteiger partial charge in [0, 0.05) is 30.4 Å². The number of hydrogen-bond acceptors (Lipinski definition) is 3. The number of carbonyl (C=O) groups excluding carboxylic acids is 1. The predicted octanol–water partition coefficient (Wildman–Crippen LogP) is 2.62. The summed E-state index contributed by atoms with van der Waals surface area (Å²) in [4.78, 5) is 13.9. The summed E-state index contributed by atoms with van der Waals surface area (Å²) >= 11 is 0. The summed E-state index contributed by atoms with van der Waals surface area (Å²) in [7, 11) is 0. The van der Waals surface area contributed by atoms with Gasteiger partial charge in [0.25, 0.3) is 0 Å². The van der Waals surface area contributed by atoms with E-state index in [2.05, 4.69) is 17.9 Å². The molecular formula is C14H17NO2. The Balaban J connectivity index is 2.03. The molecule has 3 heteroatoms. The Morgan fingerprint density at radius 3 is 2.71 bits per heavy atom. The smallest absolute Gasteiger partial charge is 0.318 e. The Bertz CT molecular complexity index is 475. The molecule has 90 valence electrons. The second-order valence-corrected chi connectivity index (χ2v) is 5.01. The molecule has 1 aromatic carbocycles. The fourth-order valence-electron chi connectivity index (χ4n) is 2.75. The highest BCUT2D eigenvalue weighted by atomic mass is 16.5. The highest BCUT2D eigenvalue weighted by molar-refractivity contribution is 5.86. The minimum Gasteiger partial charge on any atom is -0.426 e. The van der Waals surface area contributed by atoms with Gasteiger partial charge in [0.1, 0.15) is 5.75 Å². The molecule has 3 nitrogen and oxygen atoms in total. The van der Waals surface area contributed by atoms with Gasteiger partial charge in [-0.05, 0) is 38.3 Å². The van der Waals surface area contributed by atoms with Crippen LogP contribution in [-0.4, -0.2) is 19.1 Å². The van der Waals surface area contributed by atoms with Gasteiger partial charge in [0.05, 0.1) is 5.92 Å². The van der Waals surface area contributed by atoms with Crippen LogP contribution in [0.4, 0.5) is 5.69 Å². The molecule has 1 fully saturated rings. The third kappa shape index (κ3) is 1.61. The lowest BCUT2D eigenvalue weighted by atomic mass is 9.99. The first-order valence-electron chi connectivity index (χ1n) is 6.28. The number of hydrogen-bond donors (Lipinski definition) is 0. The molecule has 3 rings (SSSR count). The third-order valence-corrected chi connectivity index (χ3v) is 3.81. The molecule has 0 N–H and O–H groups in total. The van der Waals surface area contributed by atoms with Gasteiger partial charge in [0.2, 0.25) is 0 Å². The van der Waals surface area contributed by atoms with E-state index in [9.17, 15) is 4.79 Å². The summed E-state index contributed by atoms with van der Waals surface area (Å²) < 4.78 is 5.31. The summed E-state index contributed by atoms with van der Waals surface area (Å²) in [5.74, 6) is 0.518. The molecule has 1 atom stereocenters. The van der Waals surface area contributed by atoms with Crippen molar-refractivity contribution >= 4 is 11.7 Å². The van der Waals surface area contributed by atoms with Crippen LogP contribution in [0.15, 0.2) is 12.1 Å². The first kappa shape index (κ1) is 10.6. The quantitative estimate of drug-likeness (QED) is 0.549. The zero-order valence-corrected chi connectivity index (χ0v) is 10.3. The Morgan fingerprint density at radius 1 is 1.29 bits per heavy atom. The van der Waals surface area contributed by atoms with Crippen molar-refractivity contribution in [3.8, 4) is 5.75 Å². The van der Waals surface area contributed by atoms with E-state index >= 15 is 0 Å². The van der Waals surface area contributed by atoms with Gasteiger partial charge in [-0.3, -0.25) is 4.79 Å². The number of anilines is 1. The Kier molecular flexibility index (Phi) is 2.35. The molecule has 2 aliphatic rings. The van der Waals surface area contributed by atoms with Crippen molar-refractivity contribution in [2.24, 2.45) is 0 Å². The highest BCUT2D eigenvalue weighted by Gasteiger charge is 2.30. The Hall–Kier alpha value is -1.51. The average Bonchev–Trinajstić information content (AvgIpc) is 2.90. The monoisotopic (exact) mass is 231 g/mol. The van der Waals surface area contributed by atoms with Crippen LogP contribution in [0.25, 0.3) is 0 Å². The minimum atomic E-state index is -0.127. The third-order valence-electron chi connectivity index (χ3n) is 3.81. The van der Waals surface area contributed by atoms with Gasteiger partial charge in [-0.15, -0.1) is 0 Å². The molecule has 2 heterocycles. The molecule has 0 amide bonds. The van der Waals surface area contributed by atoms with E-state index in [0.29, 0.717) is 0 Å². The van der Waals surface area contributed by atoms with E-state index in [1.54, 1.807) is 0 Å². The lowest BCUT2D eigenvalue weighted by molar-refractivity contribution is -0.133. The molecule has 0 spiro atoms. The second kappa shape index (κ2) is 3.76. The fourth-order valence-corrected chi connectivity index (χ4v) is 2.75. The maximum absolute atomic E-state index is 11.5. The van der Waals surface area contributed by atoms with Crippen LogP contribution < -0.4 is 9.64 Å². The van der Waals surface area contributed by atoms with Gasteiger partial charge in [-0.2, -0.15) is 0 Å². The number of aryl methyl sites for hydroxylation is 1. The number of fused-ring (bicyclic) bond motifs is 1. The van der Waals surface area contributed by atoms with Gasteiger partial charge in [-0.1, -0.05) is 0 Å². The normalized spacial score (nSPS) is 22.8. The van der Waals surface area contributed by atoms with Crippen molar-refractivity contribution in [3.05, 3.63) is 23.3 Å². The number of ether oxygens (including phenoxy) is 1. The minimum absolute atomic E-state index is 0.115. The predicted molar refractivity (Wildman–Crippen MR) is 66.7 cm³/mol. The molecule has 17 heavy (non-hydrogen) atoms. The van der Waals surface area contributed by atoms with Gasteiger partial charge in [-0.25, -0.2) is 0 Å². The summed E-state index contributed by atoms with van der Waals surface area (Å²) in [5.41, 5.74) is 3.51. The van der Waals surface area contributed by atoms with Crippen molar-refractivity contribution in [2.45, 2.75) is 32.6 Å². The molecule has 1 saturated heterocycles. The first-order valence-corrected chi connectivity index (χ1v) is 6.28. The molecule has 2 aliphatic heterocycles. The van der Waals surface area contributed by atoms with Crippen molar-refractivity contribution < 1.29 is 9.53 Å². The van der Waals surface area contributed by atoms with Crippen LogP contribution in [0, 0.1) is 6.92 Å². The van der Waals surface area contributed by atoms with E-state index in [1.165, 1.54) is 24.1 Å². The Morgan fingerprint density at radius 2 is 2.00 bits per heavy atom. The average molecular weight is 231 g/mol. The number of benzene rings is 1. The summed E-state index contributed by atoms with van der Waals surface area (Å²) in [5, 5.41) is 0. The largest absolute Gasteiger partial charge is 0.426 e. The highest BCUT2D eigenvalue weighted by Crippen LogP contribution is 2.39. The number of rotatable bonds is 1. The van der Waals surface area contributed by atoms with Gasteiger partial charge >= 0.3 is 5.97 Å². The SMILES string of the molecule is Cc1cc2c(cc1N1CCCC1)OC(=O)C2C. The standard InChI is InChI=1S/C14H17NO2/c1-9-7-11-10(2)14(16)17-13(11)8-12(9)15-5-3-4-6-15/h7-8,10H,3-6H2,1-2H3. The molecule has 1 unspecified atom stereocenters. The van der Waals surface area contributed by atoms with Crippen molar-refractivity contribution in [2.75, 3.05) is 18.0 Å². The lowest BCUT2D eigenvalue weighted by Crippen LogP contribution is -2.18. The number of nitrogens with zero attached hydrogens (tertiary/aromatic N) is 1.